The normalized spacial score (nSPS) is 12.6. The third-order valence-electron chi connectivity index (χ3n) is 4.71. The molecule has 0 saturated heterocycles. The largest absolute Gasteiger partial charge is 0.481 e. The zero-order valence-electron chi connectivity index (χ0n) is 16.4. The summed E-state index contributed by atoms with van der Waals surface area (Å²) in [6.45, 7) is -0.432. The number of carbonyl (C=O) groups excluding carboxylic acids is 1. The first-order valence-electron chi connectivity index (χ1n) is 9.28. The van der Waals surface area contributed by atoms with E-state index in [0.29, 0.717) is 5.56 Å². The van der Waals surface area contributed by atoms with E-state index in [1.54, 1.807) is 42.5 Å². The standard InChI is InChI=1S/C22H22N2O5S/c1-24(30(28,29)19-12-11-16-7-5-6-10-18(16)13-19)15-21(25)23-20(14-22(26)27)17-8-3-2-4-9-17/h2-13,20H,14-15H2,1H3,(H,23,25)(H,26,27)/t20-/m1/s1. The molecule has 3 aromatic rings. The molecule has 0 aliphatic heterocycles. The summed E-state index contributed by atoms with van der Waals surface area (Å²) >= 11 is 0. The molecular weight excluding hydrogens is 404 g/mol. The Morgan fingerprint density at radius 1 is 0.967 bits per heavy atom. The Morgan fingerprint density at radius 3 is 2.27 bits per heavy atom. The average molecular weight is 426 g/mol. The first kappa shape index (κ1) is 21.5. The lowest BCUT2D eigenvalue weighted by Gasteiger charge is -2.21. The van der Waals surface area contributed by atoms with Gasteiger partial charge in [-0.2, -0.15) is 4.31 Å². The van der Waals surface area contributed by atoms with E-state index in [-0.39, 0.29) is 11.3 Å². The number of rotatable bonds is 8. The fraction of sp³-hybridized carbons (Fsp3) is 0.182. The molecule has 0 radical (unpaired) electrons. The van der Waals surface area contributed by atoms with Crippen molar-refractivity contribution in [3.8, 4) is 0 Å². The summed E-state index contributed by atoms with van der Waals surface area (Å²) in [7, 11) is -2.57. The van der Waals surface area contributed by atoms with Gasteiger partial charge in [0.25, 0.3) is 0 Å². The van der Waals surface area contributed by atoms with E-state index >= 15 is 0 Å². The van der Waals surface area contributed by atoms with E-state index in [9.17, 15) is 18.0 Å². The van der Waals surface area contributed by atoms with Crippen LogP contribution >= 0.6 is 0 Å². The van der Waals surface area contributed by atoms with Gasteiger partial charge in [-0.05, 0) is 28.5 Å². The van der Waals surface area contributed by atoms with Crippen molar-refractivity contribution in [2.24, 2.45) is 0 Å². The molecule has 3 aromatic carbocycles. The van der Waals surface area contributed by atoms with Gasteiger partial charge >= 0.3 is 5.97 Å². The molecule has 1 amide bonds. The van der Waals surface area contributed by atoms with Crippen LogP contribution in [0.15, 0.2) is 77.7 Å². The number of likely N-dealkylation sites (N-methyl/N-ethyl adjacent to an activating group) is 1. The lowest BCUT2D eigenvalue weighted by Crippen LogP contribution is -2.40. The highest BCUT2D eigenvalue weighted by Gasteiger charge is 2.25. The van der Waals surface area contributed by atoms with Crippen molar-refractivity contribution in [1.29, 1.82) is 0 Å². The van der Waals surface area contributed by atoms with Crippen molar-refractivity contribution in [3.63, 3.8) is 0 Å². The van der Waals surface area contributed by atoms with Crippen LogP contribution in [0.3, 0.4) is 0 Å². The number of carboxylic acids is 1. The quantitative estimate of drug-likeness (QED) is 0.576. The van der Waals surface area contributed by atoms with Crippen molar-refractivity contribution in [1.82, 2.24) is 9.62 Å². The zero-order valence-corrected chi connectivity index (χ0v) is 17.2. The molecule has 0 unspecified atom stereocenters. The minimum absolute atomic E-state index is 0.0849. The third kappa shape index (κ3) is 5.03. The van der Waals surface area contributed by atoms with E-state index < -0.39 is 34.5 Å². The molecule has 0 bridgehead atoms. The average Bonchev–Trinajstić information content (AvgIpc) is 2.73. The Balaban J connectivity index is 1.74. The van der Waals surface area contributed by atoms with E-state index in [1.165, 1.54) is 13.1 Å². The predicted octanol–water partition coefficient (Wildman–Crippen LogP) is 2.79. The van der Waals surface area contributed by atoms with Crippen molar-refractivity contribution in [2.45, 2.75) is 17.4 Å². The van der Waals surface area contributed by atoms with Gasteiger partial charge in [-0.25, -0.2) is 8.42 Å². The Kier molecular flexibility index (Phi) is 6.49. The minimum Gasteiger partial charge on any atom is -0.481 e. The molecule has 0 fully saturated rings. The van der Waals surface area contributed by atoms with Crippen LogP contribution in [0.4, 0.5) is 0 Å². The van der Waals surface area contributed by atoms with Gasteiger partial charge in [0.15, 0.2) is 0 Å². The highest BCUT2D eigenvalue weighted by molar-refractivity contribution is 7.89. The maximum Gasteiger partial charge on any atom is 0.305 e. The Bertz CT molecular complexity index is 1160. The van der Waals surface area contributed by atoms with Crippen molar-refractivity contribution < 1.29 is 23.1 Å². The highest BCUT2D eigenvalue weighted by Crippen LogP contribution is 2.21. The van der Waals surface area contributed by atoms with Gasteiger partial charge in [0.05, 0.1) is 23.9 Å². The van der Waals surface area contributed by atoms with Crippen LogP contribution < -0.4 is 5.32 Å². The third-order valence-corrected chi connectivity index (χ3v) is 6.51. The first-order chi connectivity index (χ1) is 14.3. The smallest absolute Gasteiger partial charge is 0.305 e. The molecule has 3 rings (SSSR count). The number of carbonyl (C=O) groups is 2. The molecule has 1 atom stereocenters. The molecule has 0 heterocycles. The maximum absolute atomic E-state index is 12.9. The molecule has 0 aliphatic rings. The van der Waals surface area contributed by atoms with Crippen LogP contribution in [-0.2, 0) is 19.6 Å². The fourth-order valence-electron chi connectivity index (χ4n) is 3.15. The monoisotopic (exact) mass is 426 g/mol. The molecule has 0 spiro atoms. The molecule has 30 heavy (non-hydrogen) atoms. The minimum atomic E-state index is -3.89. The van der Waals surface area contributed by atoms with Gasteiger partial charge in [-0.1, -0.05) is 60.7 Å². The van der Waals surface area contributed by atoms with Crippen molar-refractivity contribution in [2.75, 3.05) is 13.6 Å². The van der Waals surface area contributed by atoms with E-state index in [0.717, 1.165) is 15.1 Å². The first-order valence-corrected chi connectivity index (χ1v) is 10.7. The van der Waals surface area contributed by atoms with Gasteiger partial charge in [0.2, 0.25) is 15.9 Å². The Morgan fingerprint density at radius 2 is 1.60 bits per heavy atom. The summed E-state index contributed by atoms with van der Waals surface area (Å²) in [4.78, 5) is 23.8. The number of sulfonamides is 1. The van der Waals surface area contributed by atoms with Crippen LogP contribution in [0, 0.1) is 0 Å². The van der Waals surface area contributed by atoms with Crippen LogP contribution in [-0.4, -0.2) is 43.3 Å². The van der Waals surface area contributed by atoms with Gasteiger partial charge in [-0.15, -0.1) is 0 Å². The van der Waals surface area contributed by atoms with Gasteiger partial charge in [0.1, 0.15) is 0 Å². The zero-order chi connectivity index (χ0) is 21.7. The fourth-order valence-corrected chi connectivity index (χ4v) is 4.31. The summed E-state index contributed by atoms with van der Waals surface area (Å²) in [5.41, 5.74) is 0.633. The maximum atomic E-state index is 12.9. The molecule has 7 nitrogen and oxygen atoms in total. The van der Waals surface area contributed by atoms with Gasteiger partial charge in [0, 0.05) is 7.05 Å². The van der Waals surface area contributed by atoms with Gasteiger partial charge < -0.3 is 10.4 Å². The molecule has 0 aromatic heterocycles. The molecule has 2 N–H and O–H groups in total. The number of hydrogen-bond acceptors (Lipinski definition) is 4. The highest BCUT2D eigenvalue weighted by atomic mass is 32.2. The van der Waals surface area contributed by atoms with Crippen LogP contribution in [0.1, 0.15) is 18.0 Å². The summed E-state index contributed by atoms with van der Waals surface area (Å²) in [5, 5.41) is 13.5. The Labute approximate surface area is 175 Å². The number of aliphatic carboxylic acids is 1. The summed E-state index contributed by atoms with van der Waals surface area (Å²) in [6, 6.07) is 20.1. The van der Waals surface area contributed by atoms with Crippen LogP contribution in [0.2, 0.25) is 0 Å². The van der Waals surface area contributed by atoms with Gasteiger partial charge in [-0.3, -0.25) is 9.59 Å². The number of amides is 1. The number of carboxylic acid groups (broad SMARTS) is 1. The van der Waals surface area contributed by atoms with E-state index in [2.05, 4.69) is 5.32 Å². The second kappa shape index (κ2) is 9.06. The second-order valence-electron chi connectivity index (χ2n) is 6.90. The SMILES string of the molecule is CN(CC(=O)N[C@H](CC(=O)O)c1ccccc1)S(=O)(=O)c1ccc2ccccc2c1. The molecule has 0 saturated carbocycles. The van der Waals surface area contributed by atoms with E-state index in [1.807, 2.05) is 24.3 Å². The number of nitrogens with one attached hydrogen (secondary N) is 1. The molecular formula is C22H22N2O5S. The summed E-state index contributed by atoms with van der Waals surface area (Å²) in [6.07, 6.45) is -0.309. The van der Waals surface area contributed by atoms with Crippen molar-refractivity contribution >= 4 is 32.7 Å². The lowest BCUT2D eigenvalue weighted by molar-refractivity contribution is -0.137. The van der Waals surface area contributed by atoms with Crippen LogP contribution in [0.5, 0.6) is 0 Å². The summed E-state index contributed by atoms with van der Waals surface area (Å²) < 4.78 is 26.7. The topological polar surface area (TPSA) is 104 Å². The molecule has 8 heteroatoms. The second-order valence-corrected chi connectivity index (χ2v) is 8.94. The number of nitrogens with zero attached hydrogens (tertiary/aromatic N) is 1. The predicted molar refractivity (Wildman–Crippen MR) is 113 cm³/mol. The number of benzene rings is 3. The van der Waals surface area contributed by atoms with E-state index in [4.69, 9.17) is 5.11 Å². The number of hydrogen-bond donors (Lipinski definition) is 2. The lowest BCUT2D eigenvalue weighted by atomic mass is 10.0. The number of fused-ring (bicyclic) bond motifs is 1. The molecule has 156 valence electrons. The Hall–Kier alpha value is -3.23. The molecule has 0 aliphatic carbocycles. The van der Waals surface area contributed by atoms with Crippen molar-refractivity contribution in [3.05, 3.63) is 78.4 Å². The van der Waals surface area contributed by atoms with Crippen LogP contribution in [0.25, 0.3) is 10.8 Å². The summed E-state index contributed by atoms with van der Waals surface area (Å²) in [5.74, 6) is -1.65.